The number of piperidine rings is 1. The fourth-order valence-corrected chi connectivity index (χ4v) is 4.10. The normalized spacial score (nSPS) is 19.8. The molecule has 4 rings (SSSR count). The van der Waals surface area contributed by atoms with Gasteiger partial charge in [-0.2, -0.15) is 0 Å². The van der Waals surface area contributed by atoms with Crippen LogP contribution in [0.3, 0.4) is 0 Å². The van der Waals surface area contributed by atoms with Crippen molar-refractivity contribution >= 4 is 12.0 Å². The molecule has 1 N–H and O–H groups in total. The summed E-state index contributed by atoms with van der Waals surface area (Å²) in [5.41, 5.74) is 1.09. The van der Waals surface area contributed by atoms with Crippen molar-refractivity contribution in [3.63, 3.8) is 0 Å². The fraction of sp³-hybridized carbons (Fsp3) is 0.409. The Morgan fingerprint density at radius 3 is 2.76 bits per heavy atom. The van der Waals surface area contributed by atoms with Crippen LogP contribution in [0.1, 0.15) is 48.1 Å². The van der Waals surface area contributed by atoms with Crippen molar-refractivity contribution in [2.24, 2.45) is 0 Å². The third-order valence-corrected chi connectivity index (χ3v) is 5.63. The number of rotatable bonds is 3. The molecule has 1 saturated heterocycles. The van der Waals surface area contributed by atoms with Crippen LogP contribution in [0, 0.1) is 0 Å². The highest BCUT2D eigenvalue weighted by atomic mass is 16.6. The van der Waals surface area contributed by atoms with E-state index in [-0.39, 0.29) is 18.0 Å². The Morgan fingerprint density at radius 2 is 2.03 bits per heavy atom. The molecule has 1 fully saturated rings. The van der Waals surface area contributed by atoms with Gasteiger partial charge in [0.1, 0.15) is 11.4 Å². The molecule has 0 radical (unpaired) electrons. The number of amides is 2. The molecule has 1 aromatic carbocycles. The molecular formula is C22H25N3O4. The van der Waals surface area contributed by atoms with Gasteiger partial charge < -0.3 is 19.7 Å². The molecule has 2 amide bonds. The van der Waals surface area contributed by atoms with Crippen LogP contribution < -0.4 is 10.1 Å². The van der Waals surface area contributed by atoms with Crippen LogP contribution in [0.15, 0.2) is 48.8 Å². The van der Waals surface area contributed by atoms with E-state index >= 15 is 0 Å². The molecule has 1 spiro atoms. The van der Waals surface area contributed by atoms with Gasteiger partial charge in [-0.25, -0.2) is 4.79 Å². The van der Waals surface area contributed by atoms with Crippen molar-refractivity contribution in [2.45, 2.75) is 37.8 Å². The standard InChI is InChI=1S/C22H25N3O4/c1-2-28-21(27)25-12-9-22(10-13-25)14-18(17-7-3-4-8-19(17)29-22)24-20(26)16-6-5-11-23-15-16/h3-8,11,15,18H,2,9-10,12-14H2,1H3,(H,24,26). The van der Waals surface area contributed by atoms with Crippen molar-refractivity contribution < 1.29 is 19.1 Å². The predicted octanol–water partition coefficient (Wildman–Crippen LogP) is 3.33. The van der Waals surface area contributed by atoms with Gasteiger partial charge in [-0.05, 0) is 25.1 Å². The number of fused-ring (bicyclic) bond motifs is 1. The van der Waals surface area contributed by atoms with Gasteiger partial charge in [-0.15, -0.1) is 0 Å². The van der Waals surface area contributed by atoms with E-state index in [1.807, 2.05) is 24.3 Å². The average Bonchev–Trinajstić information content (AvgIpc) is 2.75. The zero-order chi connectivity index (χ0) is 20.3. The van der Waals surface area contributed by atoms with Gasteiger partial charge in [0.2, 0.25) is 0 Å². The van der Waals surface area contributed by atoms with E-state index in [2.05, 4.69) is 10.3 Å². The molecule has 3 heterocycles. The minimum absolute atomic E-state index is 0.154. The number of nitrogens with zero attached hydrogens (tertiary/aromatic N) is 2. The largest absolute Gasteiger partial charge is 0.487 e. The first kappa shape index (κ1) is 19.2. The van der Waals surface area contributed by atoms with Crippen LogP contribution >= 0.6 is 0 Å². The molecule has 1 unspecified atom stereocenters. The molecule has 7 heteroatoms. The second-order valence-electron chi connectivity index (χ2n) is 7.48. The topological polar surface area (TPSA) is 80.8 Å². The molecular weight excluding hydrogens is 370 g/mol. The highest BCUT2D eigenvalue weighted by Crippen LogP contribution is 2.44. The lowest BCUT2D eigenvalue weighted by molar-refractivity contribution is -0.0233. The van der Waals surface area contributed by atoms with Gasteiger partial charge >= 0.3 is 6.09 Å². The van der Waals surface area contributed by atoms with Gasteiger partial charge in [-0.3, -0.25) is 9.78 Å². The molecule has 152 valence electrons. The Morgan fingerprint density at radius 1 is 1.24 bits per heavy atom. The van der Waals surface area contributed by atoms with E-state index in [9.17, 15) is 9.59 Å². The molecule has 0 aliphatic carbocycles. The summed E-state index contributed by atoms with van der Waals surface area (Å²) in [6.07, 6.45) is 4.98. The molecule has 7 nitrogen and oxygen atoms in total. The van der Waals surface area contributed by atoms with Gasteiger partial charge in [0.15, 0.2) is 0 Å². The number of nitrogens with one attached hydrogen (secondary N) is 1. The summed E-state index contributed by atoms with van der Waals surface area (Å²) in [5.74, 6) is 0.638. The Hall–Kier alpha value is -3.09. The van der Waals surface area contributed by atoms with Crippen LogP contribution in [0.25, 0.3) is 0 Å². The molecule has 1 aromatic heterocycles. The summed E-state index contributed by atoms with van der Waals surface area (Å²) >= 11 is 0. The number of ether oxygens (including phenoxy) is 2. The van der Waals surface area contributed by atoms with Gasteiger partial charge in [0, 0.05) is 50.3 Å². The van der Waals surface area contributed by atoms with Crippen LogP contribution in [-0.4, -0.2) is 47.2 Å². The molecule has 2 aromatic rings. The van der Waals surface area contributed by atoms with Crippen molar-refractivity contribution in [3.8, 4) is 5.75 Å². The number of pyridine rings is 1. The SMILES string of the molecule is CCOC(=O)N1CCC2(CC1)CC(NC(=O)c1cccnc1)c1ccccc1O2. The van der Waals surface area contributed by atoms with Gasteiger partial charge in [0.25, 0.3) is 5.91 Å². The van der Waals surface area contributed by atoms with E-state index < -0.39 is 5.60 Å². The highest BCUT2D eigenvalue weighted by Gasteiger charge is 2.44. The smallest absolute Gasteiger partial charge is 0.409 e. The Labute approximate surface area is 170 Å². The second-order valence-corrected chi connectivity index (χ2v) is 7.48. The molecule has 0 bridgehead atoms. The first-order valence-electron chi connectivity index (χ1n) is 10.0. The minimum Gasteiger partial charge on any atom is -0.487 e. The van der Waals surface area contributed by atoms with Crippen molar-refractivity contribution in [1.29, 1.82) is 0 Å². The lowest BCUT2D eigenvalue weighted by atomic mass is 9.80. The molecule has 2 aliphatic rings. The van der Waals surface area contributed by atoms with E-state index in [1.54, 1.807) is 36.4 Å². The van der Waals surface area contributed by atoms with Crippen LogP contribution in [-0.2, 0) is 4.74 Å². The number of aromatic nitrogens is 1. The van der Waals surface area contributed by atoms with E-state index in [0.29, 0.717) is 44.5 Å². The summed E-state index contributed by atoms with van der Waals surface area (Å²) in [5, 5.41) is 3.15. The average molecular weight is 395 g/mol. The van der Waals surface area contributed by atoms with E-state index in [0.717, 1.165) is 11.3 Å². The number of likely N-dealkylation sites (tertiary alicyclic amines) is 1. The zero-order valence-corrected chi connectivity index (χ0v) is 16.5. The van der Waals surface area contributed by atoms with E-state index in [1.165, 1.54) is 0 Å². The summed E-state index contributed by atoms with van der Waals surface area (Å²) in [7, 11) is 0. The van der Waals surface area contributed by atoms with Crippen molar-refractivity contribution in [2.75, 3.05) is 19.7 Å². The summed E-state index contributed by atoms with van der Waals surface area (Å²) < 4.78 is 11.5. The number of hydrogen-bond donors (Lipinski definition) is 1. The maximum Gasteiger partial charge on any atom is 0.409 e. The summed E-state index contributed by atoms with van der Waals surface area (Å²) in [6.45, 7) is 3.32. The van der Waals surface area contributed by atoms with Gasteiger partial charge in [0.05, 0.1) is 18.2 Å². The number of benzene rings is 1. The highest BCUT2D eigenvalue weighted by molar-refractivity contribution is 5.94. The maximum absolute atomic E-state index is 12.7. The van der Waals surface area contributed by atoms with Gasteiger partial charge in [-0.1, -0.05) is 18.2 Å². The third-order valence-electron chi connectivity index (χ3n) is 5.63. The first-order chi connectivity index (χ1) is 14.1. The second kappa shape index (κ2) is 8.11. The van der Waals surface area contributed by atoms with Crippen molar-refractivity contribution in [3.05, 3.63) is 59.9 Å². The van der Waals surface area contributed by atoms with Crippen LogP contribution in [0.4, 0.5) is 4.79 Å². The van der Waals surface area contributed by atoms with Crippen LogP contribution in [0.5, 0.6) is 5.75 Å². The summed E-state index contributed by atoms with van der Waals surface area (Å²) in [4.78, 5) is 30.5. The van der Waals surface area contributed by atoms with Crippen LogP contribution in [0.2, 0.25) is 0 Å². The molecule has 2 aliphatic heterocycles. The molecule has 29 heavy (non-hydrogen) atoms. The third kappa shape index (κ3) is 4.04. The number of hydrogen-bond acceptors (Lipinski definition) is 5. The minimum atomic E-state index is -0.412. The van der Waals surface area contributed by atoms with Crippen molar-refractivity contribution in [1.82, 2.24) is 15.2 Å². The first-order valence-corrected chi connectivity index (χ1v) is 10.0. The lowest BCUT2D eigenvalue weighted by Gasteiger charge is -2.46. The Kier molecular flexibility index (Phi) is 5.38. The number of carbonyl (C=O) groups excluding carboxylic acids is 2. The summed E-state index contributed by atoms with van der Waals surface area (Å²) in [6, 6.07) is 11.2. The van der Waals surface area contributed by atoms with E-state index in [4.69, 9.17) is 9.47 Å². The Balaban J connectivity index is 1.52. The lowest BCUT2D eigenvalue weighted by Crippen LogP contribution is -2.53. The quantitative estimate of drug-likeness (QED) is 0.862. The maximum atomic E-state index is 12.7. The predicted molar refractivity (Wildman–Crippen MR) is 107 cm³/mol. The Bertz CT molecular complexity index is 879. The fourth-order valence-electron chi connectivity index (χ4n) is 4.10. The number of carbonyl (C=O) groups is 2. The monoisotopic (exact) mass is 395 g/mol. The number of para-hydroxylation sites is 1. The molecule has 0 saturated carbocycles. The zero-order valence-electron chi connectivity index (χ0n) is 16.5. The molecule has 1 atom stereocenters.